The van der Waals surface area contributed by atoms with Gasteiger partial charge in [0, 0.05) is 19.0 Å². The van der Waals surface area contributed by atoms with Crippen LogP contribution >= 0.6 is 0 Å². The first-order chi connectivity index (χ1) is 7.56. The van der Waals surface area contributed by atoms with E-state index in [0.717, 1.165) is 0 Å². The molecule has 1 aliphatic heterocycles. The van der Waals surface area contributed by atoms with Crippen molar-refractivity contribution in [3.8, 4) is 0 Å². The zero-order valence-electron chi connectivity index (χ0n) is 8.81. The summed E-state index contributed by atoms with van der Waals surface area (Å²) in [5.74, 6) is -0.573. The van der Waals surface area contributed by atoms with Crippen molar-refractivity contribution in [1.29, 1.82) is 0 Å². The maximum Gasteiger partial charge on any atom is 0.410 e. The summed E-state index contributed by atoms with van der Waals surface area (Å²) in [5, 5.41) is 9.16. The van der Waals surface area contributed by atoms with Gasteiger partial charge in [-0.1, -0.05) is 12.7 Å². The van der Waals surface area contributed by atoms with Crippen molar-refractivity contribution in [2.24, 2.45) is 5.92 Å². The minimum absolute atomic E-state index is 0.0946. The molecule has 1 aliphatic rings. The molecule has 0 saturated carbocycles. The highest BCUT2D eigenvalue weighted by Crippen LogP contribution is 2.23. The number of carbonyl (C=O) groups excluding carboxylic acids is 1. The van der Waals surface area contributed by atoms with E-state index in [1.165, 1.54) is 11.0 Å². The number of carbonyl (C=O) groups is 1. The maximum atomic E-state index is 12.2. The topological polar surface area (TPSA) is 49.8 Å². The van der Waals surface area contributed by atoms with Gasteiger partial charge in [0.15, 0.2) is 0 Å². The molecule has 1 N–H and O–H groups in total. The lowest BCUT2D eigenvalue weighted by Gasteiger charge is -2.18. The van der Waals surface area contributed by atoms with E-state index in [0.29, 0.717) is 13.0 Å². The number of amides is 1. The standard InChI is InChI=1S/C10H15F2NO3/c1-2-5-16-10(15)13-4-3-7(6-13)8(14)9(11)12/h2,7-9,14H,1,3-6H2. The van der Waals surface area contributed by atoms with Crippen LogP contribution in [-0.4, -0.2) is 48.3 Å². The smallest absolute Gasteiger partial charge is 0.410 e. The molecule has 4 nitrogen and oxygen atoms in total. The third-order valence-corrected chi connectivity index (χ3v) is 2.55. The predicted octanol–water partition coefficient (Wildman–Crippen LogP) is 1.26. The molecule has 92 valence electrons. The molecule has 0 aromatic carbocycles. The van der Waals surface area contributed by atoms with E-state index in [-0.39, 0.29) is 13.2 Å². The molecule has 0 bridgehead atoms. The lowest BCUT2D eigenvalue weighted by atomic mass is 10.0. The molecule has 1 saturated heterocycles. The lowest BCUT2D eigenvalue weighted by molar-refractivity contribution is -0.0358. The summed E-state index contributed by atoms with van der Waals surface area (Å²) >= 11 is 0. The van der Waals surface area contributed by atoms with Crippen LogP contribution in [0.15, 0.2) is 12.7 Å². The molecule has 1 rings (SSSR count). The summed E-state index contributed by atoms with van der Waals surface area (Å²) in [6.45, 7) is 3.94. The van der Waals surface area contributed by atoms with E-state index in [4.69, 9.17) is 9.84 Å². The van der Waals surface area contributed by atoms with Gasteiger partial charge in [0.2, 0.25) is 0 Å². The van der Waals surface area contributed by atoms with Gasteiger partial charge in [-0.15, -0.1) is 0 Å². The first kappa shape index (κ1) is 12.9. The molecule has 16 heavy (non-hydrogen) atoms. The number of rotatable bonds is 4. The number of likely N-dealkylation sites (tertiary alicyclic amines) is 1. The summed E-state index contributed by atoms with van der Waals surface area (Å²) in [5.41, 5.74) is 0. The second-order valence-electron chi connectivity index (χ2n) is 3.69. The van der Waals surface area contributed by atoms with Gasteiger partial charge in [0.1, 0.15) is 12.7 Å². The molecule has 0 aromatic rings. The van der Waals surface area contributed by atoms with Crippen molar-refractivity contribution in [3.05, 3.63) is 12.7 Å². The number of ether oxygens (including phenoxy) is 1. The highest BCUT2D eigenvalue weighted by molar-refractivity contribution is 5.68. The van der Waals surface area contributed by atoms with E-state index < -0.39 is 24.5 Å². The fraction of sp³-hybridized carbons (Fsp3) is 0.700. The van der Waals surface area contributed by atoms with Gasteiger partial charge in [-0.3, -0.25) is 0 Å². The Morgan fingerprint density at radius 2 is 2.38 bits per heavy atom. The molecule has 2 atom stereocenters. The Kier molecular flexibility index (Phi) is 4.67. The molecule has 0 radical (unpaired) electrons. The second-order valence-corrected chi connectivity index (χ2v) is 3.69. The van der Waals surface area contributed by atoms with Crippen LogP contribution in [0.5, 0.6) is 0 Å². The molecular formula is C10H15F2NO3. The predicted molar refractivity (Wildman–Crippen MR) is 53.2 cm³/mol. The van der Waals surface area contributed by atoms with Gasteiger partial charge in [0.05, 0.1) is 0 Å². The minimum atomic E-state index is -2.77. The van der Waals surface area contributed by atoms with E-state index in [2.05, 4.69) is 6.58 Å². The summed E-state index contributed by atoms with van der Waals surface area (Å²) in [4.78, 5) is 12.6. The zero-order chi connectivity index (χ0) is 12.1. The van der Waals surface area contributed by atoms with Gasteiger partial charge < -0.3 is 14.7 Å². The quantitative estimate of drug-likeness (QED) is 0.746. The zero-order valence-corrected chi connectivity index (χ0v) is 8.81. The van der Waals surface area contributed by atoms with Gasteiger partial charge in [-0.2, -0.15) is 0 Å². The van der Waals surface area contributed by atoms with Crippen LogP contribution in [0, 0.1) is 5.92 Å². The fourth-order valence-corrected chi connectivity index (χ4v) is 1.66. The van der Waals surface area contributed by atoms with Gasteiger partial charge >= 0.3 is 6.09 Å². The highest BCUT2D eigenvalue weighted by atomic mass is 19.3. The van der Waals surface area contributed by atoms with E-state index in [9.17, 15) is 13.6 Å². The SMILES string of the molecule is C=CCOC(=O)N1CCC(C(O)C(F)F)C1. The van der Waals surface area contributed by atoms with Crippen molar-refractivity contribution in [2.45, 2.75) is 19.0 Å². The third-order valence-electron chi connectivity index (χ3n) is 2.55. The Bertz CT molecular complexity index is 260. The number of hydrogen-bond acceptors (Lipinski definition) is 3. The summed E-state index contributed by atoms with van der Waals surface area (Å²) < 4.78 is 29.2. The Morgan fingerprint density at radius 1 is 1.69 bits per heavy atom. The van der Waals surface area contributed by atoms with Crippen LogP contribution in [0.2, 0.25) is 0 Å². The monoisotopic (exact) mass is 235 g/mol. The van der Waals surface area contributed by atoms with Crippen molar-refractivity contribution in [3.63, 3.8) is 0 Å². The first-order valence-corrected chi connectivity index (χ1v) is 5.05. The van der Waals surface area contributed by atoms with E-state index in [1.807, 2.05) is 0 Å². The molecule has 1 fully saturated rings. The normalized spacial score (nSPS) is 22.2. The van der Waals surface area contributed by atoms with E-state index >= 15 is 0 Å². The van der Waals surface area contributed by atoms with Gasteiger partial charge in [-0.05, 0) is 6.42 Å². The molecule has 1 heterocycles. The molecule has 0 aromatic heterocycles. The molecular weight excluding hydrogens is 220 g/mol. The average molecular weight is 235 g/mol. The second kappa shape index (κ2) is 5.79. The van der Waals surface area contributed by atoms with Gasteiger partial charge in [0.25, 0.3) is 6.43 Å². The Hall–Kier alpha value is -1.17. The fourth-order valence-electron chi connectivity index (χ4n) is 1.66. The van der Waals surface area contributed by atoms with Crippen LogP contribution in [0.1, 0.15) is 6.42 Å². The van der Waals surface area contributed by atoms with Crippen LogP contribution in [0.3, 0.4) is 0 Å². The minimum Gasteiger partial charge on any atom is -0.445 e. The first-order valence-electron chi connectivity index (χ1n) is 5.05. The van der Waals surface area contributed by atoms with Crippen molar-refractivity contribution >= 4 is 6.09 Å². The average Bonchev–Trinajstić information content (AvgIpc) is 2.73. The molecule has 0 spiro atoms. The van der Waals surface area contributed by atoms with Crippen molar-refractivity contribution in [2.75, 3.05) is 19.7 Å². The largest absolute Gasteiger partial charge is 0.445 e. The van der Waals surface area contributed by atoms with E-state index in [1.54, 1.807) is 0 Å². The number of aliphatic hydroxyl groups is 1. The van der Waals surface area contributed by atoms with Gasteiger partial charge in [-0.25, -0.2) is 13.6 Å². The molecule has 2 unspecified atom stereocenters. The number of alkyl halides is 2. The Labute approximate surface area is 92.5 Å². The summed E-state index contributed by atoms with van der Waals surface area (Å²) in [6, 6.07) is 0. The van der Waals surface area contributed by atoms with Crippen LogP contribution in [-0.2, 0) is 4.74 Å². The van der Waals surface area contributed by atoms with Crippen molar-refractivity contribution < 1.29 is 23.4 Å². The molecule has 1 amide bonds. The Balaban J connectivity index is 2.39. The molecule has 0 aliphatic carbocycles. The third kappa shape index (κ3) is 3.16. The number of aliphatic hydroxyl groups excluding tert-OH is 1. The number of hydrogen-bond donors (Lipinski definition) is 1. The van der Waals surface area contributed by atoms with Crippen LogP contribution < -0.4 is 0 Å². The van der Waals surface area contributed by atoms with Crippen LogP contribution in [0.4, 0.5) is 13.6 Å². The number of halogens is 2. The summed E-state index contributed by atoms with van der Waals surface area (Å²) in [6.07, 6.45) is -3.19. The number of nitrogens with zero attached hydrogens (tertiary/aromatic N) is 1. The van der Waals surface area contributed by atoms with Crippen LogP contribution in [0.25, 0.3) is 0 Å². The van der Waals surface area contributed by atoms with Crippen molar-refractivity contribution in [1.82, 2.24) is 4.90 Å². The maximum absolute atomic E-state index is 12.2. The lowest BCUT2D eigenvalue weighted by Crippen LogP contribution is -2.33. The Morgan fingerprint density at radius 3 is 2.94 bits per heavy atom. The summed E-state index contributed by atoms with van der Waals surface area (Å²) in [7, 11) is 0. The molecule has 6 heteroatoms. The highest BCUT2D eigenvalue weighted by Gasteiger charge is 2.35.